The van der Waals surface area contributed by atoms with E-state index in [0.717, 1.165) is 12.8 Å². The number of methoxy groups -OCH3 is 1. The summed E-state index contributed by atoms with van der Waals surface area (Å²) < 4.78 is 9.65. The van der Waals surface area contributed by atoms with Crippen molar-refractivity contribution in [1.82, 2.24) is 0 Å². The first-order valence-electron chi connectivity index (χ1n) is 3.70. The van der Waals surface area contributed by atoms with Crippen molar-refractivity contribution < 1.29 is 14.3 Å². The molecule has 1 aliphatic heterocycles. The molecule has 2 N–H and O–H groups in total. The molecule has 0 aromatic carbocycles. The molecule has 64 valence electrons. The molecule has 1 heterocycles. The van der Waals surface area contributed by atoms with Crippen LogP contribution in [-0.4, -0.2) is 25.9 Å². The Morgan fingerprint density at radius 1 is 1.73 bits per heavy atom. The predicted octanol–water partition coefficient (Wildman–Crippen LogP) is -0.129. The fourth-order valence-electron chi connectivity index (χ4n) is 1.21. The molecule has 0 bridgehead atoms. The van der Waals surface area contributed by atoms with Crippen molar-refractivity contribution in [2.75, 3.05) is 13.7 Å². The zero-order chi connectivity index (χ0) is 8.27. The van der Waals surface area contributed by atoms with E-state index in [-0.39, 0.29) is 11.9 Å². The average Bonchev–Trinajstić information content (AvgIpc) is 2.04. The van der Waals surface area contributed by atoms with Crippen LogP contribution in [-0.2, 0) is 14.3 Å². The van der Waals surface area contributed by atoms with Gasteiger partial charge in [-0.25, -0.2) is 0 Å². The molecule has 0 amide bonds. The Hall–Kier alpha value is -0.610. The molecule has 1 aliphatic rings. The van der Waals surface area contributed by atoms with E-state index in [0.29, 0.717) is 6.61 Å². The van der Waals surface area contributed by atoms with Crippen LogP contribution in [0.1, 0.15) is 12.8 Å². The van der Waals surface area contributed by atoms with Crippen molar-refractivity contribution in [3.63, 3.8) is 0 Å². The zero-order valence-corrected chi connectivity index (χ0v) is 6.58. The lowest BCUT2D eigenvalue weighted by molar-refractivity contribution is -0.154. The highest BCUT2D eigenvalue weighted by Gasteiger charge is 2.29. The van der Waals surface area contributed by atoms with E-state index in [1.165, 1.54) is 7.11 Å². The van der Waals surface area contributed by atoms with Crippen LogP contribution in [0.25, 0.3) is 0 Å². The average molecular weight is 159 g/mol. The molecule has 0 saturated carbocycles. The van der Waals surface area contributed by atoms with Crippen LogP contribution in [0, 0.1) is 5.92 Å². The number of nitrogens with two attached hydrogens (primary N) is 1. The summed E-state index contributed by atoms with van der Waals surface area (Å²) in [4.78, 5) is 11.0. The first kappa shape index (κ1) is 8.49. The number of hydrogen-bond acceptors (Lipinski definition) is 4. The van der Waals surface area contributed by atoms with Crippen LogP contribution in [0.4, 0.5) is 0 Å². The summed E-state index contributed by atoms with van der Waals surface area (Å²) in [6.45, 7) is 0.647. The van der Waals surface area contributed by atoms with E-state index >= 15 is 0 Å². The maximum absolute atomic E-state index is 11.0. The van der Waals surface area contributed by atoms with Gasteiger partial charge in [-0.05, 0) is 12.8 Å². The molecule has 1 saturated heterocycles. The van der Waals surface area contributed by atoms with E-state index in [9.17, 15) is 4.79 Å². The second-order valence-corrected chi connectivity index (χ2v) is 2.61. The van der Waals surface area contributed by atoms with Crippen molar-refractivity contribution >= 4 is 5.97 Å². The molecule has 11 heavy (non-hydrogen) atoms. The Kier molecular flexibility index (Phi) is 2.84. The standard InChI is InChI=1S/C7H13NO3/c1-10-7(9)5-3-2-4-11-6(5)8/h5-6H,2-4,8H2,1H3. The molecule has 1 fully saturated rings. The number of carbonyl (C=O) groups is 1. The third kappa shape index (κ3) is 1.91. The number of rotatable bonds is 1. The van der Waals surface area contributed by atoms with Crippen LogP contribution in [0.3, 0.4) is 0 Å². The summed E-state index contributed by atoms with van der Waals surface area (Å²) in [7, 11) is 1.36. The summed E-state index contributed by atoms with van der Waals surface area (Å²) >= 11 is 0. The highest BCUT2D eigenvalue weighted by Crippen LogP contribution is 2.18. The van der Waals surface area contributed by atoms with Gasteiger partial charge in [0.05, 0.1) is 13.0 Å². The number of ether oxygens (including phenoxy) is 2. The van der Waals surface area contributed by atoms with Gasteiger partial charge >= 0.3 is 5.97 Å². The predicted molar refractivity (Wildman–Crippen MR) is 38.7 cm³/mol. The first-order chi connectivity index (χ1) is 5.25. The molecule has 4 nitrogen and oxygen atoms in total. The van der Waals surface area contributed by atoms with Gasteiger partial charge in [-0.3, -0.25) is 4.79 Å². The Bertz CT molecular complexity index is 149. The van der Waals surface area contributed by atoms with Crippen molar-refractivity contribution in [3.8, 4) is 0 Å². The van der Waals surface area contributed by atoms with E-state index < -0.39 is 6.23 Å². The number of hydrogen-bond donors (Lipinski definition) is 1. The van der Waals surface area contributed by atoms with Gasteiger partial charge in [0.2, 0.25) is 0 Å². The molecular weight excluding hydrogens is 146 g/mol. The number of esters is 1. The van der Waals surface area contributed by atoms with Crippen molar-refractivity contribution in [2.45, 2.75) is 19.1 Å². The lowest BCUT2D eigenvalue weighted by Gasteiger charge is -2.26. The summed E-state index contributed by atoms with van der Waals surface area (Å²) in [5.74, 6) is -0.536. The fraction of sp³-hybridized carbons (Fsp3) is 0.857. The van der Waals surface area contributed by atoms with Gasteiger partial charge in [-0.1, -0.05) is 0 Å². The maximum Gasteiger partial charge on any atom is 0.312 e. The summed E-state index contributed by atoms with van der Waals surface area (Å²) in [6, 6.07) is 0. The van der Waals surface area contributed by atoms with Crippen molar-refractivity contribution in [2.24, 2.45) is 11.7 Å². The van der Waals surface area contributed by atoms with Gasteiger partial charge in [0.1, 0.15) is 6.23 Å². The van der Waals surface area contributed by atoms with Gasteiger partial charge in [-0.15, -0.1) is 0 Å². The molecule has 1 rings (SSSR count). The summed E-state index contributed by atoms with van der Waals surface area (Å²) in [5.41, 5.74) is 5.53. The molecule has 2 unspecified atom stereocenters. The van der Waals surface area contributed by atoms with Gasteiger partial charge in [-0.2, -0.15) is 0 Å². The smallest absolute Gasteiger partial charge is 0.312 e. The van der Waals surface area contributed by atoms with E-state index in [2.05, 4.69) is 4.74 Å². The highest BCUT2D eigenvalue weighted by molar-refractivity contribution is 5.72. The van der Waals surface area contributed by atoms with Gasteiger partial charge in [0, 0.05) is 6.61 Å². The Morgan fingerprint density at radius 2 is 2.45 bits per heavy atom. The molecule has 0 aromatic heterocycles. The monoisotopic (exact) mass is 159 g/mol. The minimum atomic E-state index is -0.476. The van der Waals surface area contributed by atoms with Crippen molar-refractivity contribution in [1.29, 1.82) is 0 Å². The van der Waals surface area contributed by atoms with Crippen LogP contribution in [0.15, 0.2) is 0 Å². The Morgan fingerprint density at radius 3 is 3.00 bits per heavy atom. The molecule has 4 heteroatoms. The van der Waals surface area contributed by atoms with Crippen molar-refractivity contribution in [3.05, 3.63) is 0 Å². The van der Waals surface area contributed by atoms with Crippen LogP contribution < -0.4 is 5.73 Å². The largest absolute Gasteiger partial charge is 0.469 e. The summed E-state index contributed by atoms with van der Waals surface area (Å²) in [6.07, 6.45) is 1.18. The topological polar surface area (TPSA) is 61.5 Å². The molecule has 0 spiro atoms. The van der Waals surface area contributed by atoms with Crippen LogP contribution in [0.5, 0.6) is 0 Å². The van der Waals surface area contributed by atoms with Gasteiger partial charge < -0.3 is 15.2 Å². The molecule has 0 radical (unpaired) electrons. The quantitative estimate of drug-likeness (QED) is 0.541. The third-order valence-corrected chi connectivity index (χ3v) is 1.87. The second kappa shape index (κ2) is 3.69. The molecule has 0 aliphatic carbocycles. The third-order valence-electron chi connectivity index (χ3n) is 1.87. The zero-order valence-electron chi connectivity index (χ0n) is 6.58. The summed E-state index contributed by atoms with van der Waals surface area (Å²) in [5, 5.41) is 0. The lowest BCUT2D eigenvalue weighted by Crippen LogP contribution is -2.41. The second-order valence-electron chi connectivity index (χ2n) is 2.61. The van der Waals surface area contributed by atoms with Gasteiger partial charge in [0.15, 0.2) is 0 Å². The first-order valence-corrected chi connectivity index (χ1v) is 3.70. The lowest BCUT2D eigenvalue weighted by atomic mass is 10.00. The normalized spacial score (nSPS) is 31.5. The fourth-order valence-corrected chi connectivity index (χ4v) is 1.21. The Balaban J connectivity index is 2.47. The van der Waals surface area contributed by atoms with Gasteiger partial charge in [0.25, 0.3) is 0 Å². The van der Waals surface area contributed by atoms with E-state index in [4.69, 9.17) is 10.5 Å². The van der Waals surface area contributed by atoms with Crippen LogP contribution in [0.2, 0.25) is 0 Å². The van der Waals surface area contributed by atoms with Crippen LogP contribution >= 0.6 is 0 Å². The van der Waals surface area contributed by atoms with E-state index in [1.54, 1.807) is 0 Å². The van der Waals surface area contributed by atoms with E-state index in [1.807, 2.05) is 0 Å². The molecule has 2 atom stereocenters. The highest BCUT2D eigenvalue weighted by atomic mass is 16.5. The SMILES string of the molecule is COC(=O)C1CCCOC1N. The minimum absolute atomic E-state index is 0.266. The Labute approximate surface area is 65.7 Å². The minimum Gasteiger partial charge on any atom is -0.469 e. The maximum atomic E-state index is 11.0. The molecule has 0 aromatic rings. The molecular formula is C7H13NO3. The number of carbonyl (C=O) groups excluding carboxylic acids is 1.